The molecule has 140 valence electrons. The third kappa shape index (κ3) is 2.67. The van der Waals surface area contributed by atoms with Crippen LogP contribution in [0.4, 0.5) is 0 Å². The molecule has 0 aliphatic carbocycles. The Kier molecular flexibility index (Phi) is 3.96. The van der Waals surface area contributed by atoms with Crippen molar-refractivity contribution < 1.29 is 5.11 Å². The molecule has 1 atom stereocenters. The van der Waals surface area contributed by atoms with E-state index in [-0.39, 0.29) is 6.54 Å². The van der Waals surface area contributed by atoms with Gasteiger partial charge in [0.05, 0.1) is 36.6 Å². The van der Waals surface area contributed by atoms with Gasteiger partial charge in [-0.25, -0.2) is 14.8 Å². The fraction of sp³-hybridized carbons (Fsp3) is 0.333. The normalized spacial score (nSPS) is 12.9. The number of aromatic nitrogens is 6. The van der Waals surface area contributed by atoms with E-state index in [1.165, 1.54) is 17.9 Å². The first-order valence-corrected chi connectivity index (χ1v) is 8.59. The summed E-state index contributed by atoms with van der Waals surface area (Å²) < 4.78 is 5.91. The number of nitrogens with zero attached hydrogens (tertiary/aromatic N) is 6. The molecule has 0 amide bonds. The Morgan fingerprint density at radius 3 is 2.63 bits per heavy atom. The Bertz CT molecular complexity index is 1280. The quantitative estimate of drug-likeness (QED) is 0.553. The lowest BCUT2D eigenvalue weighted by Gasteiger charge is -2.15. The Balaban J connectivity index is 1.69. The van der Waals surface area contributed by atoms with E-state index in [0.29, 0.717) is 17.7 Å². The van der Waals surface area contributed by atoms with E-state index < -0.39 is 17.4 Å². The molecule has 1 unspecified atom stereocenters. The first kappa shape index (κ1) is 17.2. The standard InChI is InChI=1S/C18H20N6O3/c1-11-20-13-6-4-5-7-14(13)24(11)9-12(25)8-23-10-19-16-15(23)17(26)22(3)18(27)21(16)2/h4-7,10,12,25H,8-9H2,1-3H3. The second-order valence-electron chi connectivity index (χ2n) is 6.69. The lowest BCUT2D eigenvalue weighted by Crippen LogP contribution is -2.38. The minimum atomic E-state index is -0.763. The van der Waals surface area contributed by atoms with Gasteiger partial charge in [0.1, 0.15) is 5.82 Å². The van der Waals surface area contributed by atoms with E-state index >= 15 is 0 Å². The van der Waals surface area contributed by atoms with Crippen LogP contribution in [0, 0.1) is 6.92 Å². The first-order valence-electron chi connectivity index (χ1n) is 8.59. The topological polar surface area (TPSA) is 99.9 Å². The van der Waals surface area contributed by atoms with Crippen LogP contribution in [-0.4, -0.2) is 39.4 Å². The molecule has 0 fully saturated rings. The summed E-state index contributed by atoms with van der Waals surface area (Å²) in [5.41, 5.74) is 1.56. The predicted octanol–water partition coefficient (Wildman–Crippen LogP) is 0.153. The molecule has 9 heteroatoms. The molecule has 3 aromatic heterocycles. The number of imidazole rings is 2. The third-order valence-electron chi connectivity index (χ3n) is 4.86. The van der Waals surface area contributed by atoms with Crippen molar-refractivity contribution in [3.8, 4) is 0 Å². The van der Waals surface area contributed by atoms with Crippen LogP contribution in [0.2, 0.25) is 0 Å². The molecule has 0 spiro atoms. The van der Waals surface area contributed by atoms with Gasteiger partial charge in [-0.15, -0.1) is 0 Å². The van der Waals surface area contributed by atoms with Crippen molar-refractivity contribution in [2.24, 2.45) is 14.1 Å². The van der Waals surface area contributed by atoms with E-state index in [1.807, 2.05) is 35.8 Å². The molecular weight excluding hydrogens is 348 g/mol. The molecular formula is C18H20N6O3. The maximum absolute atomic E-state index is 12.5. The predicted molar refractivity (Wildman–Crippen MR) is 101 cm³/mol. The minimum absolute atomic E-state index is 0.176. The Morgan fingerprint density at radius 1 is 1.11 bits per heavy atom. The van der Waals surface area contributed by atoms with E-state index in [0.717, 1.165) is 21.4 Å². The minimum Gasteiger partial charge on any atom is -0.389 e. The Labute approximate surface area is 153 Å². The molecule has 0 aliphatic rings. The van der Waals surface area contributed by atoms with Crippen molar-refractivity contribution >= 4 is 22.2 Å². The van der Waals surface area contributed by atoms with Gasteiger partial charge in [-0.3, -0.25) is 13.9 Å². The number of benzene rings is 1. The van der Waals surface area contributed by atoms with Crippen molar-refractivity contribution in [3.05, 3.63) is 57.3 Å². The summed E-state index contributed by atoms with van der Waals surface area (Å²) in [6, 6.07) is 7.74. The lowest BCUT2D eigenvalue weighted by atomic mass is 10.3. The molecule has 1 aromatic carbocycles. The van der Waals surface area contributed by atoms with Crippen LogP contribution in [0.15, 0.2) is 40.2 Å². The molecule has 4 aromatic rings. The van der Waals surface area contributed by atoms with E-state index in [9.17, 15) is 14.7 Å². The van der Waals surface area contributed by atoms with Crippen LogP contribution in [-0.2, 0) is 27.2 Å². The zero-order chi connectivity index (χ0) is 19.3. The number of fused-ring (bicyclic) bond motifs is 2. The number of hydrogen-bond acceptors (Lipinski definition) is 5. The number of aliphatic hydroxyl groups is 1. The van der Waals surface area contributed by atoms with Gasteiger partial charge in [0, 0.05) is 14.1 Å². The third-order valence-corrected chi connectivity index (χ3v) is 4.86. The number of para-hydroxylation sites is 2. The molecule has 4 rings (SSSR count). The lowest BCUT2D eigenvalue weighted by molar-refractivity contribution is 0.136. The molecule has 1 N–H and O–H groups in total. The smallest absolute Gasteiger partial charge is 0.332 e. The molecule has 0 aliphatic heterocycles. The number of aliphatic hydroxyl groups excluding tert-OH is 1. The number of rotatable bonds is 4. The molecule has 9 nitrogen and oxygen atoms in total. The van der Waals surface area contributed by atoms with Gasteiger partial charge in [0.15, 0.2) is 11.2 Å². The summed E-state index contributed by atoms with van der Waals surface area (Å²) in [6.45, 7) is 2.40. The maximum atomic E-state index is 12.5. The van der Waals surface area contributed by atoms with Gasteiger partial charge in [0.25, 0.3) is 5.56 Å². The molecule has 3 heterocycles. The van der Waals surface area contributed by atoms with Gasteiger partial charge in [-0.2, -0.15) is 0 Å². The Hall–Kier alpha value is -3.20. The van der Waals surface area contributed by atoms with Gasteiger partial charge >= 0.3 is 5.69 Å². The van der Waals surface area contributed by atoms with Crippen LogP contribution in [0.5, 0.6) is 0 Å². The second-order valence-corrected chi connectivity index (χ2v) is 6.69. The van der Waals surface area contributed by atoms with Crippen molar-refractivity contribution in [2.45, 2.75) is 26.1 Å². The summed E-state index contributed by atoms with van der Waals surface area (Å²) in [4.78, 5) is 33.2. The van der Waals surface area contributed by atoms with Crippen LogP contribution >= 0.6 is 0 Å². The summed E-state index contributed by atoms with van der Waals surface area (Å²) >= 11 is 0. The SMILES string of the molecule is Cc1nc2ccccc2n1CC(O)Cn1cnc2c1c(=O)n(C)c(=O)n2C. The van der Waals surface area contributed by atoms with Crippen molar-refractivity contribution in [2.75, 3.05) is 0 Å². The Morgan fingerprint density at radius 2 is 1.85 bits per heavy atom. The molecule has 27 heavy (non-hydrogen) atoms. The average molecular weight is 368 g/mol. The molecule has 0 saturated carbocycles. The fourth-order valence-electron chi connectivity index (χ4n) is 3.46. The van der Waals surface area contributed by atoms with Gasteiger partial charge in [0.2, 0.25) is 0 Å². The highest BCUT2D eigenvalue weighted by Gasteiger charge is 2.17. The largest absolute Gasteiger partial charge is 0.389 e. The highest BCUT2D eigenvalue weighted by molar-refractivity contribution is 5.75. The molecule has 0 radical (unpaired) electrons. The molecule has 0 bridgehead atoms. The van der Waals surface area contributed by atoms with Crippen molar-refractivity contribution in [1.29, 1.82) is 0 Å². The zero-order valence-electron chi connectivity index (χ0n) is 15.3. The fourth-order valence-corrected chi connectivity index (χ4v) is 3.46. The number of aryl methyl sites for hydroxylation is 2. The van der Waals surface area contributed by atoms with E-state index in [4.69, 9.17) is 0 Å². The van der Waals surface area contributed by atoms with Crippen LogP contribution in [0.3, 0.4) is 0 Å². The summed E-state index contributed by atoms with van der Waals surface area (Å²) in [6.07, 6.45) is 0.716. The van der Waals surface area contributed by atoms with Crippen molar-refractivity contribution in [1.82, 2.24) is 28.2 Å². The maximum Gasteiger partial charge on any atom is 0.332 e. The van der Waals surface area contributed by atoms with Gasteiger partial charge in [-0.05, 0) is 19.1 Å². The van der Waals surface area contributed by atoms with Gasteiger partial charge < -0.3 is 14.2 Å². The van der Waals surface area contributed by atoms with Crippen LogP contribution < -0.4 is 11.2 Å². The average Bonchev–Trinajstić information content (AvgIpc) is 3.20. The van der Waals surface area contributed by atoms with E-state index in [1.54, 1.807) is 11.6 Å². The van der Waals surface area contributed by atoms with E-state index in [2.05, 4.69) is 9.97 Å². The highest BCUT2D eigenvalue weighted by Crippen LogP contribution is 2.16. The monoisotopic (exact) mass is 368 g/mol. The zero-order valence-corrected chi connectivity index (χ0v) is 15.3. The summed E-state index contributed by atoms with van der Waals surface area (Å²) in [5, 5.41) is 10.6. The second kappa shape index (κ2) is 6.20. The van der Waals surface area contributed by atoms with Crippen LogP contribution in [0.25, 0.3) is 22.2 Å². The van der Waals surface area contributed by atoms with Crippen LogP contribution in [0.1, 0.15) is 5.82 Å². The highest BCUT2D eigenvalue weighted by atomic mass is 16.3. The van der Waals surface area contributed by atoms with Crippen molar-refractivity contribution in [3.63, 3.8) is 0 Å². The molecule has 0 saturated heterocycles. The number of hydrogen-bond donors (Lipinski definition) is 1. The summed E-state index contributed by atoms with van der Waals surface area (Å²) in [7, 11) is 3.00. The first-order chi connectivity index (χ1) is 12.9. The summed E-state index contributed by atoms with van der Waals surface area (Å²) in [5.74, 6) is 0.809. The van der Waals surface area contributed by atoms with Gasteiger partial charge in [-0.1, -0.05) is 12.1 Å².